The Morgan fingerprint density at radius 1 is 1.19 bits per heavy atom. The number of fused-ring (bicyclic) bond motifs is 1. The first-order valence-corrected chi connectivity index (χ1v) is 7.35. The number of carbonyl (C=O) groups is 1. The molecule has 21 heavy (non-hydrogen) atoms. The Kier molecular flexibility index (Phi) is 4.23. The van der Waals surface area contributed by atoms with E-state index in [1.165, 1.54) is 11.1 Å². The Bertz CT molecular complexity index is 670. The van der Waals surface area contributed by atoms with Crippen LogP contribution in [0.4, 0.5) is 0 Å². The number of rotatable bonds is 3. The number of carbonyl (C=O) groups excluding carboxylic acids is 1. The fourth-order valence-electron chi connectivity index (χ4n) is 2.45. The Hall–Kier alpha value is -1.84. The second-order valence-corrected chi connectivity index (χ2v) is 5.49. The summed E-state index contributed by atoms with van der Waals surface area (Å²) in [6.45, 7) is 1.98. The number of esters is 1. The van der Waals surface area contributed by atoms with Crippen LogP contribution < -0.4 is 5.32 Å². The molecule has 2 aromatic carbocycles. The van der Waals surface area contributed by atoms with Gasteiger partial charge in [-0.2, -0.15) is 0 Å². The standard InChI is InChI=1S/C17H16ClNO2/c18-16-4-2-1-3-14(16)11-21-17(20)13-6-5-12-7-8-19-10-15(12)9-13/h1-6,9,19H,7-8,10-11H2. The average molecular weight is 302 g/mol. The second kappa shape index (κ2) is 6.29. The van der Waals surface area contributed by atoms with Crippen molar-refractivity contribution in [1.82, 2.24) is 5.32 Å². The van der Waals surface area contributed by atoms with Crippen molar-refractivity contribution in [3.05, 3.63) is 69.7 Å². The summed E-state index contributed by atoms with van der Waals surface area (Å²) >= 11 is 6.05. The van der Waals surface area contributed by atoms with E-state index in [1.807, 2.05) is 36.4 Å². The maximum Gasteiger partial charge on any atom is 0.338 e. The highest BCUT2D eigenvalue weighted by Gasteiger charge is 2.13. The monoisotopic (exact) mass is 301 g/mol. The van der Waals surface area contributed by atoms with Crippen molar-refractivity contribution in [2.75, 3.05) is 6.54 Å². The van der Waals surface area contributed by atoms with E-state index in [9.17, 15) is 4.79 Å². The van der Waals surface area contributed by atoms with Crippen molar-refractivity contribution >= 4 is 17.6 Å². The SMILES string of the molecule is O=C(OCc1ccccc1Cl)c1ccc2c(c1)CNCC2. The van der Waals surface area contributed by atoms with E-state index in [1.54, 1.807) is 6.07 Å². The lowest BCUT2D eigenvalue weighted by molar-refractivity contribution is 0.0472. The summed E-state index contributed by atoms with van der Waals surface area (Å²) in [6, 6.07) is 13.1. The smallest absolute Gasteiger partial charge is 0.338 e. The number of nitrogens with one attached hydrogen (secondary N) is 1. The number of ether oxygens (including phenoxy) is 1. The molecule has 3 nitrogen and oxygen atoms in total. The highest BCUT2D eigenvalue weighted by Crippen LogP contribution is 2.19. The van der Waals surface area contributed by atoms with Gasteiger partial charge in [0.15, 0.2) is 0 Å². The van der Waals surface area contributed by atoms with E-state index in [4.69, 9.17) is 16.3 Å². The van der Waals surface area contributed by atoms with E-state index >= 15 is 0 Å². The molecule has 108 valence electrons. The summed E-state index contributed by atoms with van der Waals surface area (Å²) in [5, 5.41) is 3.91. The van der Waals surface area contributed by atoms with Gasteiger partial charge in [0.25, 0.3) is 0 Å². The van der Waals surface area contributed by atoms with Crippen LogP contribution in [0.25, 0.3) is 0 Å². The molecule has 1 heterocycles. The normalized spacial score (nSPS) is 13.6. The van der Waals surface area contributed by atoms with E-state index in [0.717, 1.165) is 25.1 Å². The molecule has 0 unspecified atom stereocenters. The molecule has 0 atom stereocenters. The molecule has 0 amide bonds. The van der Waals surface area contributed by atoms with Crippen molar-refractivity contribution in [3.63, 3.8) is 0 Å². The van der Waals surface area contributed by atoms with Crippen LogP contribution in [0.15, 0.2) is 42.5 Å². The Morgan fingerprint density at radius 3 is 2.90 bits per heavy atom. The van der Waals surface area contributed by atoms with Gasteiger partial charge in [-0.15, -0.1) is 0 Å². The highest BCUT2D eigenvalue weighted by atomic mass is 35.5. The summed E-state index contributed by atoms with van der Waals surface area (Å²) < 4.78 is 5.34. The van der Waals surface area contributed by atoms with E-state index in [0.29, 0.717) is 10.6 Å². The number of hydrogen-bond donors (Lipinski definition) is 1. The predicted octanol–water partition coefficient (Wildman–Crippen LogP) is 3.34. The van der Waals surface area contributed by atoms with Gasteiger partial charge in [0.1, 0.15) is 6.61 Å². The van der Waals surface area contributed by atoms with Gasteiger partial charge in [-0.1, -0.05) is 35.9 Å². The molecular formula is C17H16ClNO2. The van der Waals surface area contributed by atoms with Crippen LogP contribution in [0.1, 0.15) is 27.0 Å². The lowest BCUT2D eigenvalue weighted by Gasteiger charge is -2.17. The minimum Gasteiger partial charge on any atom is -0.457 e. The molecular weight excluding hydrogens is 286 g/mol. The van der Waals surface area contributed by atoms with Crippen molar-refractivity contribution in [2.45, 2.75) is 19.6 Å². The van der Waals surface area contributed by atoms with Crippen molar-refractivity contribution in [3.8, 4) is 0 Å². The molecule has 0 spiro atoms. The fraction of sp³-hybridized carbons (Fsp3) is 0.235. The van der Waals surface area contributed by atoms with Gasteiger partial charge in [-0.25, -0.2) is 4.79 Å². The van der Waals surface area contributed by atoms with E-state index in [2.05, 4.69) is 5.32 Å². The third-order valence-corrected chi connectivity index (χ3v) is 4.01. The predicted molar refractivity (Wildman–Crippen MR) is 82.4 cm³/mol. The van der Waals surface area contributed by atoms with Gasteiger partial charge in [0.05, 0.1) is 5.56 Å². The highest BCUT2D eigenvalue weighted by molar-refractivity contribution is 6.31. The molecule has 0 saturated heterocycles. The molecule has 2 aromatic rings. The van der Waals surface area contributed by atoms with Crippen LogP contribution in [0.2, 0.25) is 5.02 Å². The average Bonchev–Trinajstić information content (AvgIpc) is 2.53. The third-order valence-electron chi connectivity index (χ3n) is 3.65. The van der Waals surface area contributed by atoms with Crippen LogP contribution in [-0.2, 0) is 24.3 Å². The van der Waals surface area contributed by atoms with E-state index < -0.39 is 0 Å². The zero-order valence-electron chi connectivity index (χ0n) is 11.6. The summed E-state index contributed by atoms with van der Waals surface area (Å²) in [4.78, 5) is 12.1. The third kappa shape index (κ3) is 3.26. The number of hydrogen-bond acceptors (Lipinski definition) is 3. The van der Waals surface area contributed by atoms with Crippen LogP contribution in [0.3, 0.4) is 0 Å². The van der Waals surface area contributed by atoms with Crippen LogP contribution in [0, 0.1) is 0 Å². The van der Waals surface area contributed by atoms with Crippen molar-refractivity contribution < 1.29 is 9.53 Å². The second-order valence-electron chi connectivity index (χ2n) is 5.08. The minimum absolute atomic E-state index is 0.188. The van der Waals surface area contributed by atoms with Crippen LogP contribution in [0.5, 0.6) is 0 Å². The Balaban J connectivity index is 1.69. The largest absolute Gasteiger partial charge is 0.457 e. The van der Waals surface area contributed by atoms with Gasteiger partial charge in [-0.05, 0) is 42.3 Å². The van der Waals surface area contributed by atoms with Crippen LogP contribution >= 0.6 is 11.6 Å². The summed E-state index contributed by atoms with van der Waals surface area (Å²) in [6.07, 6.45) is 1.00. The fourth-order valence-corrected chi connectivity index (χ4v) is 2.64. The van der Waals surface area contributed by atoms with Gasteiger partial charge in [0.2, 0.25) is 0 Å². The Morgan fingerprint density at radius 2 is 2.05 bits per heavy atom. The Labute approximate surface area is 128 Å². The maximum atomic E-state index is 12.1. The van der Waals surface area contributed by atoms with Crippen molar-refractivity contribution in [2.24, 2.45) is 0 Å². The first-order chi connectivity index (χ1) is 10.2. The summed E-state index contributed by atoms with van der Waals surface area (Å²) in [7, 11) is 0. The molecule has 0 saturated carbocycles. The summed E-state index contributed by atoms with van der Waals surface area (Å²) in [5.41, 5.74) is 3.88. The molecule has 0 aromatic heterocycles. The quantitative estimate of drug-likeness (QED) is 0.884. The first kappa shape index (κ1) is 14.1. The molecule has 4 heteroatoms. The minimum atomic E-state index is -0.316. The van der Waals surface area contributed by atoms with Gasteiger partial charge in [0, 0.05) is 17.1 Å². The number of benzene rings is 2. The van der Waals surface area contributed by atoms with Crippen molar-refractivity contribution in [1.29, 1.82) is 0 Å². The molecule has 0 aliphatic carbocycles. The molecule has 0 fully saturated rings. The molecule has 1 aliphatic rings. The van der Waals surface area contributed by atoms with Gasteiger partial charge >= 0.3 is 5.97 Å². The molecule has 0 radical (unpaired) electrons. The lowest BCUT2D eigenvalue weighted by atomic mass is 9.99. The molecule has 3 rings (SSSR count). The molecule has 0 bridgehead atoms. The zero-order chi connectivity index (χ0) is 14.7. The zero-order valence-corrected chi connectivity index (χ0v) is 12.3. The van der Waals surface area contributed by atoms with E-state index in [-0.39, 0.29) is 12.6 Å². The number of halogens is 1. The topological polar surface area (TPSA) is 38.3 Å². The van der Waals surface area contributed by atoms with Gasteiger partial charge < -0.3 is 10.1 Å². The first-order valence-electron chi connectivity index (χ1n) is 6.97. The molecule has 1 N–H and O–H groups in total. The van der Waals surface area contributed by atoms with Crippen LogP contribution in [-0.4, -0.2) is 12.5 Å². The molecule has 1 aliphatic heterocycles. The summed E-state index contributed by atoms with van der Waals surface area (Å²) in [5.74, 6) is -0.316. The lowest BCUT2D eigenvalue weighted by Crippen LogP contribution is -2.24. The maximum absolute atomic E-state index is 12.1. The van der Waals surface area contributed by atoms with Gasteiger partial charge in [-0.3, -0.25) is 0 Å².